The number of hydrazine groups is 2. The van der Waals surface area contributed by atoms with Crippen LogP contribution in [0.4, 0.5) is 32.0 Å². The van der Waals surface area contributed by atoms with E-state index in [0.29, 0.717) is 31.5 Å². The van der Waals surface area contributed by atoms with E-state index in [0.717, 1.165) is 65.5 Å². The smallest absolute Gasteiger partial charge is 0.283 e. The molecule has 0 spiro atoms. The Bertz CT molecular complexity index is 2130. The maximum atomic E-state index is 13.2. The zero-order valence-electron chi connectivity index (χ0n) is 28.2. The summed E-state index contributed by atoms with van der Waals surface area (Å²) in [6.45, 7) is 8.11. The second-order valence-corrected chi connectivity index (χ2v) is 18.0. The first-order chi connectivity index (χ1) is 24.0. The Hall–Kier alpha value is -3.98. The van der Waals surface area contributed by atoms with Crippen molar-refractivity contribution in [3.8, 4) is 0 Å². The van der Waals surface area contributed by atoms with Gasteiger partial charge in [0.05, 0.1) is 74.6 Å². The highest BCUT2D eigenvalue weighted by atomic mass is 32.2. The standard InChI is InChI=1S/2C16H17F3N4O2S/c1-15(2)8-11-7-13-14(9-20-21-13)22(15)23(11)26(24,25)12-5-3-10(4-6-12)16(17,18)19;1-15(2)7-14-12-8-20-21-13(12)9-22(15)23(14)26(24,25)11-5-3-10(4-6-11)16(17,18)19/h3-6,9,11H,7-8H2,1-2H3,(H,20,21);3-6,8,14H,7,9H2,1-2H3,(H,20,21). The van der Waals surface area contributed by atoms with Gasteiger partial charge in [-0.2, -0.15) is 36.5 Å². The van der Waals surface area contributed by atoms with E-state index in [1.807, 2.05) is 27.7 Å². The summed E-state index contributed by atoms with van der Waals surface area (Å²) in [4.78, 5) is -0.324. The fourth-order valence-corrected chi connectivity index (χ4v) is 11.1. The number of alkyl halides is 6. The van der Waals surface area contributed by atoms with Gasteiger partial charge >= 0.3 is 12.4 Å². The molecule has 0 radical (unpaired) electrons. The first kappa shape index (κ1) is 36.4. The van der Waals surface area contributed by atoms with Crippen molar-refractivity contribution in [2.75, 3.05) is 5.01 Å². The van der Waals surface area contributed by atoms with Gasteiger partial charge in [0, 0.05) is 17.5 Å². The number of halogens is 6. The van der Waals surface area contributed by atoms with Crippen LogP contribution in [0.3, 0.4) is 0 Å². The molecule has 2 fully saturated rings. The summed E-state index contributed by atoms with van der Waals surface area (Å²) < 4.78 is 132. The predicted molar refractivity (Wildman–Crippen MR) is 174 cm³/mol. The minimum absolute atomic E-state index is 0.162. The number of H-pyrrole nitrogens is 2. The number of hydrogen-bond donors (Lipinski definition) is 2. The molecule has 2 aromatic heterocycles. The molecule has 2 aromatic carbocycles. The molecule has 4 aliphatic rings. The molecule has 4 bridgehead atoms. The third-order valence-electron chi connectivity index (χ3n) is 9.95. The van der Waals surface area contributed by atoms with E-state index in [-0.39, 0.29) is 15.8 Å². The quantitative estimate of drug-likeness (QED) is 0.240. The number of sulfonamides is 2. The number of benzene rings is 2. The molecule has 280 valence electrons. The van der Waals surface area contributed by atoms with Gasteiger partial charge in [-0.25, -0.2) is 21.8 Å². The zero-order chi connectivity index (χ0) is 37.8. The van der Waals surface area contributed by atoms with Gasteiger partial charge in [0.1, 0.15) is 0 Å². The van der Waals surface area contributed by atoms with E-state index in [1.54, 1.807) is 22.4 Å². The van der Waals surface area contributed by atoms with Crippen LogP contribution in [0.5, 0.6) is 0 Å². The lowest BCUT2D eigenvalue weighted by Gasteiger charge is -2.40. The van der Waals surface area contributed by atoms with Crippen molar-refractivity contribution in [1.29, 1.82) is 0 Å². The number of fused-ring (bicyclic) bond motifs is 8. The molecule has 8 rings (SSSR count). The van der Waals surface area contributed by atoms with Gasteiger partial charge < -0.3 is 0 Å². The number of anilines is 1. The maximum Gasteiger partial charge on any atom is 0.416 e. The highest BCUT2D eigenvalue weighted by molar-refractivity contribution is 7.89. The third kappa shape index (κ3) is 5.87. The molecule has 12 nitrogen and oxygen atoms in total. The van der Waals surface area contributed by atoms with Gasteiger partial charge in [0.2, 0.25) is 0 Å². The van der Waals surface area contributed by atoms with Gasteiger partial charge in [0.15, 0.2) is 0 Å². The Balaban J connectivity index is 0.000000162. The summed E-state index contributed by atoms with van der Waals surface area (Å²) in [5, 5.41) is 17.2. The van der Waals surface area contributed by atoms with Crippen molar-refractivity contribution in [2.24, 2.45) is 0 Å². The van der Waals surface area contributed by atoms with Crippen LogP contribution in [0.25, 0.3) is 0 Å². The van der Waals surface area contributed by atoms with Crippen LogP contribution in [0.2, 0.25) is 0 Å². The number of nitrogens with zero attached hydrogens (tertiary/aromatic N) is 6. The molecule has 20 heteroatoms. The van der Waals surface area contributed by atoms with Crippen LogP contribution in [0.15, 0.2) is 70.7 Å². The van der Waals surface area contributed by atoms with Crippen molar-refractivity contribution in [1.82, 2.24) is 34.2 Å². The lowest BCUT2D eigenvalue weighted by Crippen LogP contribution is -2.53. The van der Waals surface area contributed by atoms with Crippen molar-refractivity contribution in [3.05, 3.63) is 89.0 Å². The molecule has 2 N–H and O–H groups in total. The van der Waals surface area contributed by atoms with E-state index in [9.17, 15) is 43.2 Å². The predicted octanol–water partition coefficient (Wildman–Crippen LogP) is 6.02. The highest BCUT2D eigenvalue weighted by Crippen LogP contribution is 2.51. The summed E-state index contributed by atoms with van der Waals surface area (Å²) >= 11 is 0. The largest absolute Gasteiger partial charge is 0.416 e. The Morgan fingerprint density at radius 1 is 0.692 bits per heavy atom. The van der Waals surface area contributed by atoms with Crippen LogP contribution in [0, 0.1) is 0 Å². The van der Waals surface area contributed by atoms with E-state index >= 15 is 0 Å². The van der Waals surface area contributed by atoms with Crippen LogP contribution in [0.1, 0.15) is 74.7 Å². The van der Waals surface area contributed by atoms with Gasteiger partial charge in [-0.05, 0) is 89.1 Å². The third-order valence-corrected chi connectivity index (χ3v) is 13.6. The minimum Gasteiger partial charge on any atom is -0.283 e. The topological polar surface area (TPSA) is 139 Å². The Kier molecular flexibility index (Phi) is 8.23. The molecule has 0 amide bonds. The van der Waals surface area contributed by atoms with Gasteiger partial charge in [-0.3, -0.25) is 15.2 Å². The maximum absolute atomic E-state index is 13.2. The van der Waals surface area contributed by atoms with Crippen molar-refractivity contribution >= 4 is 25.7 Å². The lowest BCUT2D eigenvalue weighted by molar-refractivity contribution is -0.138. The Morgan fingerprint density at radius 3 is 1.73 bits per heavy atom. The number of aromatic nitrogens is 4. The first-order valence-electron chi connectivity index (χ1n) is 16.1. The molecule has 2 saturated heterocycles. The van der Waals surface area contributed by atoms with Gasteiger partial charge in [0.25, 0.3) is 20.0 Å². The second kappa shape index (κ2) is 11.8. The minimum atomic E-state index is -4.51. The van der Waals surface area contributed by atoms with E-state index in [1.165, 1.54) is 8.83 Å². The van der Waals surface area contributed by atoms with Crippen LogP contribution in [-0.4, -0.2) is 68.2 Å². The molecule has 4 aliphatic heterocycles. The highest BCUT2D eigenvalue weighted by Gasteiger charge is 2.56. The fourth-order valence-electron chi connectivity index (χ4n) is 7.57. The lowest BCUT2D eigenvalue weighted by atomic mass is 9.96. The second-order valence-electron chi connectivity index (χ2n) is 14.4. The summed E-state index contributed by atoms with van der Waals surface area (Å²) in [5.41, 5.74) is 0.578. The zero-order valence-corrected chi connectivity index (χ0v) is 29.8. The fraction of sp³-hybridized carbons (Fsp3) is 0.438. The summed E-state index contributed by atoms with van der Waals surface area (Å²) in [5.74, 6) is 0. The number of hydrogen-bond acceptors (Lipinski definition) is 8. The normalized spacial score (nSPS) is 23.9. The van der Waals surface area contributed by atoms with E-state index in [2.05, 4.69) is 20.4 Å². The van der Waals surface area contributed by atoms with Crippen LogP contribution in [-0.2, 0) is 45.4 Å². The van der Waals surface area contributed by atoms with E-state index in [4.69, 9.17) is 0 Å². The average Bonchev–Trinajstić information content (AvgIpc) is 3.80. The van der Waals surface area contributed by atoms with Crippen LogP contribution < -0.4 is 5.01 Å². The van der Waals surface area contributed by atoms with Gasteiger partial charge in [-0.1, -0.05) is 0 Å². The molecular weight excluding hydrogens is 739 g/mol. The van der Waals surface area contributed by atoms with Crippen LogP contribution >= 0.6 is 0 Å². The molecule has 0 saturated carbocycles. The Labute approximate surface area is 295 Å². The monoisotopic (exact) mass is 772 g/mol. The molecule has 0 aliphatic carbocycles. The Morgan fingerprint density at radius 2 is 1.19 bits per heavy atom. The number of aromatic amines is 2. The van der Waals surface area contributed by atoms with E-state index < -0.39 is 60.6 Å². The summed E-state index contributed by atoms with van der Waals surface area (Å²) in [6.07, 6.45) is -4.17. The first-order valence-corrected chi connectivity index (χ1v) is 19.0. The SMILES string of the molecule is CC1(C)CC2Cc3[nH]ncc3N1N2S(=O)(=O)c1ccc(C(F)(F)F)cc1.CC1(C)CC2c3cn[nH]c3CN1N2S(=O)(=O)c1ccc(C(F)(F)F)cc1. The van der Waals surface area contributed by atoms with Crippen molar-refractivity contribution in [2.45, 2.75) is 98.8 Å². The summed E-state index contributed by atoms with van der Waals surface area (Å²) in [7, 11) is -8.00. The van der Waals surface area contributed by atoms with Crippen molar-refractivity contribution in [3.63, 3.8) is 0 Å². The molecule has 4 aromatic rings. The molecular formula is C32H34F6N8O4S2. The number of rotatable bonds is 4. The average molecular weight is 773 g/mol. The molecule has 6 heterocycles. The molecule has 52 heavy (non-hydrogen) atoms. The van der Waals surface area contributed by atoms with Crippen molar-refractivity contribution < 1.29 is 43.2 Å². The summed E-state index contributed by atoms with van der Waals surface area (Å²) in [6, 6.07) is 6.47. The number of nitrogens with one attached hydrogen (secondary N) is 2. The molecule has 3 unspecified atom stereocenters. The molecule has 3 atom stereocenters. The van der Waals surface area contributed by atoms with Gasteiger partial charge in [-0.15, -0.1) is 8.83 Å².